The summed E-state index contributed by atoms with van der Waals surface area (Å²) in [6.07, 6.45) is 0.888. The predicted octanol–water partition coefficient (Wildman–Crippen LogP) is 2.26. The van der Waals surface area contributed by atoms with Crippen LogP contribution in [0.1, 0.15) is 30.1 Å². The zero-order chi connectivity index (χ0) is 13.5. The van der Waals surface area contributed by atoms with Gasteiger partial charge in [-0.25, -0.2) is 4.39 Å². The minimum absolute atomic E-state index is 0.0932. The highest BCUT2D eigenvalue weighted by Gasteiger charge is 2.13. The van der Waals surface area contributed by atoms with Gasteiger partial charge in [0.05, 0.1) is 19.6 Å². The number of methoxy groups -OCH3 is 1. The van der Waals surface area contributed by atoms with E-state index in [-0.39, 0.29) is 23.8 Å². The van der Waals surface area contributed by atoms with E-state index in [4.69, 9.17) is 10.00 Å². The van der Waals surface area contributed by atoms with Crippen LogP contribution in [0.25, 0.3) is 0 Å². The number of rotatable bonds is 5. The van der Waals surface area contributed by atoms with Gasteiger partial charge in [0.25, 0.3) is 5.91 Å². The molecule has 1 unspecified atom stereocenters. The van der Waals surface area contributed by atoms with E-state index in [0.717, 1.165) is 6.07 Å². The topological polar surface area (TPSA) is 62.1 Å². The maximum absolute atomic E-state index is 13.4. The third-order valence-electron chi connectivity index (χ3n) is 2.58. The number of nitrogens with one attached hydrogen (secondary N) is 1. The third kappa shape index (κ3) is 3.45. The van der Waals surface area contributed by atoms with Gasteiger partial charge in [0, 0.05) is 11.6 Å². The number of benzene rings is 1. The van der Waals surface area contributed by atoms with Crippen molar-refractivity contribution >= 4 is 5.91 Å². The van der Waals surface area contributed by atoms with E-state index < -0.39 is 11.7 Å². The number of amides is 1. The molecule has 0 aliphatic rings. The minimum atomic E-state index is -0.585. The van der Waals surface area contributed by atoms with Crippen molar-refractivity contribution in [3.05, 3.63) is 29.6 Å². The zero-order valence-electron chi connectivity index (χ0n) is 10.4. The molecule has 1 aromatic rings. The van der Waals surface area contributed by atoms with E-state index in [9.17, 15) is 9.18 Å². The highest BCUT2D eigenvalue weighted by atomic mass is 19.1. The Morgan fingerprint density at radius 3 is 2.83 bits per heavy atom. The Labute approximate surface area is 105 Å². The fourth-order valence-electron chi connectivity index (χ4n) is 1.48. The number of ether oxygens (including phenoxy) is 1. The van der Waals surface area contributed by atoms with Crippen LogP contribution in [-0.4, -0.2) is 19.1 Å². The summed E-state index contributed by atoms with van der Waals surface area (Å²) < 4.78 is 18.2. The molecule has 0 aliphatic heterocycles. The summed E-state index contributed by atoms with van der Waals surface area (Å²) in [5.41, 5.74) is 0.213. The minimum Gasteiger partial charge on any atom is -0.494 e. The highest BCUT2D eigenvalue weighted by molar-refractivity contribution is 5.94. The lowest BCUT2D eigenvalue weighted by Crippen LogP contribution is -2.34. The van der Waals surface area contributed by atoms with Crippen molar-refractivity contribution in [3.63, 3.8) is 0 Å². The summed E-state index contributed by atoms with van der Waals surface area (Å²) in [5, 5.41) is 11.3. The molecule has 5 heteroatoms. The molecule has 0 bridgehead atoms. The van der Waals surface area contributed by atoms with Crippen molar-refractivity contribution in [3.8, 4) is 11.8 Å². The standard InChI is InChI=1S/C13H15FN2O2/c1-3-10(6-7-15)16-13(17)9-4-5-12(18-2)11(14)8-9/h4-5,8,10H,3,6H2,1-2H3,(H,16,17). The van der Waals surface area contributed by atoms with Gasteiger partial charge >= 0.3 is 0 Å². The zero-order valence-corrected chi connectivity index (χ0v) is 10.4. The summed E-state index contributed by atoms with van der Waals surface area (Å²) in [4.78, 5) is 11.8. The number of hydrogen-bond donors (Lipinski definition) is 1. The lowest BCUT2D eigenvalue weighted by molar-refractivity contribution is 0.0936. The molecule has 0 fully saturated rings. The van der Waals surface area contributed by atoms with Gasteiger partial charge in [0.2, 0.25) is 0 Å². The van der Waals surface area contributed by atoms with Gasteiger partial charge in [-0.05, 0) is 24.6 Å². The first kappa shape index (κ1) is 14.0. The molecule has 0 heterocycles. The second kappa shape index (κ2) is 6.60. The van der Waals surface area contributed by atoms with Crippen molar-refractivity contribution in [1.29, 1.82) is 5.26 Å². The van der Waals surface area contributed by atoms with Crippen LogP contribution in [0.15, 0.2) is 18.2 Å². The fraction of sp³-hybridized carbons (Fsp3) is 0.385. The second-order valence-electron chi connectivity index (χ2n) is 3.79. The van der Waals surface area contributed by atoms with Crippen LogP contribution in [-0.2, 0) is 0 Å². The summed E-state index contributed by atoms with van der Waals surface area (Å²) in [6.45, 7) is 1.87. The second-order valence-corrected chi connectivity index (χ2v) is 3.79. The Morgan fingerprint density at radius 1 is 1.61 bits per heavy atom. The monoisotopic (exact) mass is 250 g/mol. The normalized spacial score (nSPS) is 11.4. The molecule has 0 aromatic heterocycles. The summed E-state index contributed by atoms with van der Waals surface area (Å²) in [7, 11) is 1.36. The van der Waals surface area contributed by atoms with E-state index in [1.807, 2.05) is 13.0 Å². The first-order chi connectivity index (χ1) is 8.62. The molecule has 18 heavy (non-hydrogen) atoms. The van der Waals surface area contributed by atoms with Crippen LogP contribution in [0.5, 0.6) is 5.75 Å². The van der Waals surface area contributed by atoms with Crippen LogP contribution in [0.4, 0.5) is 4.39 Å². The van der Waals surface area contributed by atoms with Crippen LogP contribution in [0.2, 0.25) is 0 Å². The first-order valence-corrected chi connectivity index (χ1v) is 5.63. The Balaban J connectivity index is 2.78. The van der Waals surface area contributed by atoms with Crippen molar-refractivity contribution < 1.29 is 13.9 Å². The molecule has 1 N–H and O–H groups in total. The molecule has 0 saturated heterocycles. The van der Waals surface area contributed by atoms with E-state index in [2.05, 4.69) is 5.32 Å². The lowest BCUT2D eigenvalue weighted by Gasteiger charge is -2.13. The predicted molar refractivity (Wildman–Crippen MR) is 64.7 cm³/mol. The van der Waals surface area contributed by atoms with E-state index in [0.29, 0.717) is 6.42 Å². The van der Waals surface area contributed by atoms with Gasteiger partial charge in [-0.1, -0.05) is 6.92 Å². The number of nitriles is 1. The average Bonchev–Trinajstić information content (AvgIpc) is 2.37. The molecule has 0 radical (unpaired) electrons. The molecule has 4 nitrogen and oxygen atoms in total. The van der Waals surface area contributed by atoms with Crippen LogP contribution >= 0.6 is 0 Å². The third-order valence-corrected chi connectivity index (χ3v) is 2.58. The van der Waals surface area contributed by atoms with Crippen LogP contribution in [0, 0.1) is 17.1 Å². The molecule has 0 aliphatic carbocycles. The molecule has 1 rings (SSSR count). The largest absolute Gasteiger partial charge is 0.494 e. The fourth-order valence-corrected chi connectivity index (χ4v) is 1.48. The number of halogens is 1. The van der Waals surface area contributed by atoms with Gasteiger partial charge in [-0.2, -0.15) is 5.26 Å². The number of nitrogens with zero attached hydrogens (tertiary/aromatic N) is 1. The molecule has 0 saturated carbocycles. The number of carbonyl (C=O) groups excluding carboxylic acids is 1. The molecule has 96 valence electrons. The summed E-state index contributed by atoms with van der Waals surface area (Å²) >= 11 is 0. The van der Waals surface area contributed by atoms with Crippen molar-refractivity contribution in [2.45, 2.75) is 25.8 Å². The Bertz CT molecular complexity index is 469. The quantitative estimate of drug-likeness (QED) is 0.871. The molecular weight excluding hydrogens is 235 g/mol. The SMILES string of the molecule is CCC(CC#N)NC(=O)c1ccc(OC)c(F)c1. The lowest BCUT2D eigenvalue weighted by atomic mass is 10.1. The van der Waals surface area contributed by atoms with Crippen LogP contribution < -0.4 is 10.1 Å². The molecule has 1 amide bonds. The summed E-state index contributed by atoms with van der Waals surface area (Å²) in [6, 6.07) is 5.78. The molecule has 0 spiro atoms. The summed E-state index contributed by atoms with van der Waals surface area (Å²) in [5.74, 6) is -0.882. The molecule has 1 atom stereocenters. The Kier molecular flexibility index (Phi) is 5.12. The van der Waals surface area contributed by atoms with Gasteiger partial charge in [0.15, 0.2) is 11.6 Å². The highest BCUT2D eigenvalue weighted by Crippen LogP contribution is 2.17. The van der Waals surface area contributed by atoms with Crippen molar-refractivity contribution in [2.24, 2.45) is 0 Å². The van der Waals surface area contributed by atoms with Crippen molar-refractivity contribution in [1.82, 2.24) is 5.32 Å². The average molecular weight is 250 g/mol. The molecular formula is C13H15FN2O2. The Hall–Kier alpha value is -2.09. The number of carbonyl (C=O) groups is 1. The van der Waals surface area contributed by atoms with E-state index >= 15 is 0 Å². The van der Waals surface area contributed by atoms with Crippen LogP contribution in [0.3, 0.4) is 0 Å². The molecule has 1 aromatic carbocycles. The number of hydrogen-bond acceptors (Lipinski definition) is 3. The first-order valence-electron chi connectivity index (χ1n) is 5.63. The maximum atomic E-state index is 13.4. The maximum Gasteiger partial charge on any atom is 0.251 e. The van der Waals surface area contributed by atoms with Gasteiger partial charge in [0.1, 0.15) is 0 Å². The Morgan fingerprint density at radius 2 is 2.33 bits per heavy atom. The van der Waals surface area contributed by atoms with Gasteiger partial charge in [-0.15, -0.1) is 0 Å². The van der Waals surface area contributed by atoms with Crippen molar-refractivity contribution in [2.75, 3.05) is 7.11 Å². The van der Waals surface area contributed by atoms with E-state index in [1.165, 1.54) is 19.2 Å². The smallest absolute Gasteiger partial charge is 0.251 e. The van der Waals surface area contributed by atoms with Gasteiger partial charge < -0.3 is 10.1 Å². The van der Waals surface area contributed by atoms with E-state index in [1.54, 1.807) is 0 Å². The van der Waals surface area contributed by atoms with Gasteiger partial charge in [-0.3, -0.25) is 4.79 Å².